The molecular weight excluding hydrogens is 590 g/mol. The van der Waals surface area contributed by atoms with E-state index in [0.717, 1.165) is 23.7 Å². The minimum Gasteiger partial charge on any atom is -1.00 e. The van der Waals surface area contributed by atoms with E-state index < -0.39 is 7.92 Å². The average Bonchev–Trinajstić information content (AvgIpc) is 2.96. The van der Waals surface area contributed by atoms with Crippen LogP contribution in [0.15, 0.2) is 96.6 Å². The summed E-state index contributed by atoms with van der Waals surface area (Å²) in [5, 5.41) is 3.03. The van der Waals surface area contributed by atoms with Crippen LogP contribution in [0.25, 0.3) is 0 Å². The molecule has 2 aromatic carbocycles. The Bertz CT molecular complexity index is 984. The number of unbranched alkanes of at least 4 members (excludes halogenated alkanes) is 2. The standard InChI is InChI=1S/C36H47P.HI/c1-2-3-6-13-29-20-24-31(25-21-29)32-26-22-30(23-27-32)28-33-14-11-12-19-36(33)37(34-15-7-4-8-16-34)35-17-9-5-10-18-35;/h4-5,7-12,14-19,28-32,36H,2-3,6,13,20-27H2,1H3;1H. The van der Waals surface area contributed by atoms with Crippen LogP contribution in [-0.4, -0.2) is 5.66 Å². The molecule has 2 saturated carbocycles. The van der Waals surface area contributed by atoms with E-state index in [4.69, 9.17) is 0 Å². The van der Waals surface area contributed by atoms with E-state index >= 15 is 0 Å². The summed E-state index contributed by atoms with van der Waals surface area (Å²) in [6.45, 7) is 2.33. The van der Waals surface area contributed by atoms with Gasteiger partial charge in [0.05, 0.1) is 18.5 Å². The first-order chi connectivity index (χ1) is 18.3. The van der Waals surface area contributed by atoms with Gasteiger partial charge in [-0.3, -0.25) is 0 Å². The zero-order chi connectivity index (χ0) is 25.3. The Balaban J connectivity index is 0.00000336. The van der Waals surface area contributed by atoms with E-state index in [-0.39, 0.29) is 24.0 Å². The molecule has 0 spiro atoms. The van der Waals surface area contributed by atoms with E-state index in [9.17, 15) is 0 Å². The molecule has 0 heterocycles. The van der Waals surface area contributed by atoms with E-state index in [1.807, 2.05) is 0 Å². The van der Waals surface area contributed by atoms with Crippen molar-refractivity contribution in [2.24, 2.45) is 23.7 Å². The molecule has 0 bridgehead atoms. The maximum Gasteiger partial charge on any atom is 0.120 e. The fourth-order valence-electron chi connectivity index (χ4n) is 7.43. The molecule has 0 amide bonds. The fourth-order valence-corrected chi connectivity index (χ4v) is 10.4. The number of allylic oxidation sites excluding steroid dienone is 6. The zero-order valence-electron chi connectivity index (χ0n) is 23.4. The molecule has 0 nitrogen and oxygen atoms in total. The van der Waals surface area contributed by atoms with Crippen LogP contribution >= 0.6 is 7.92 Å². The summed E-state index contributed by atoms with van der Waals surface area (Å²) in [6, 6.07) is 22.6. The van der Waals surface area contributed by atoms with Crippen LogP contribution in [0.3, 0.4) is 0 Å². The van der Waals surface area contributed by atoms with Crippen molar-refractivity contribution in [3.8, 4) is 0 Å². The lowest BCUT2D eigenvalue weighted by Gasteiger charge is -2.37. The second-order valence-electron chi connectivity index (χ2n) is 12.0. The Kier molecular flexibility index (Phi) is 12.2. The van der Waals surface area contributed by atoms with Crippen LogP contribution in [0.1, 0.15) is 84.0 Å². The maximum absolute atomic E-state index is 2.70. The molecule has 3 aliphatic rings. The predicted molar refractivity (Wildman–Crippen MR) is 166 cm³/mol. The summed E-state index contributed by atoms with van der Waals surface area (Å²) in [6.07, 6.45) is 29.7. The SMILES string of the molecule is CCCCCC1CCC(C2CCC(C=C3C=CC=CC3[PH+](c3ccccc3)c3ccccc3)CC2)CC1.[I-]. The summed E-state index contributed by atoms with van der Waals surface area (Å²) in [5.41, 5.74) is 2.07. The third-order valence-corrected chi connectivity index (χ3v) is 12.6. The van der Waals surface area contributed by atoms with Gasteiger partial charge in [-0.2, -0.15) is 0 Å². The molecule has 2 heteroatoms. The Morgan fingerprint density at radius 2 is 1.29 bits per heavy atom. The van der Waals surface area contributed by atoms with Crippen molar-refractivity contribution in [1.29, 1.82) is 0 Å². The third-order valence-electron chi connectivity index (χ3n) is 9.56. The van der Waals surface area contributed by atoms with E-state index in [2.05, 4.69) is 98.0 Å². The quantitative estimate of drug-likeness (QED) is 0.168. The number of rotatable bonds is 9. The Hall–Kier alpha value is -1.18. The van der Waals surface area contributed by atoms with E-state index in [1.165, 1.54) is 87.7 Å². The van der Waals surface area contributed by atoms with Crippen molar-refractivity contribution < 1.29 is 24.0 Å². The molecule has 38 heavy (non-hydrogen) atoms. The van der Waals surface area contributed by atoms with Crippen LogP contribution in [0, 0.1) is 23.7 Å². The number of hydrogen-bond acceptors (Lipinski definition) is 0. The van der Waals surface area contributed by atoms with Crippen LogP contribution in [0.4, 0.5) is 0 Å². The molecule has 1 atom stereocenters. The molecular formula is C36H48IP. The molecule has 0 N–H and O–H groups in total. The van der Waals surface area contributed by atoms with Gasteiger partial charge in [0.15, 0.2) is 0 Å². The number of benzene rings is 2. The highest BCUT2D eigenvalue weighted by molar-refractivity contribution is 7.74. The fraction of sp³-hybridized carbons (Fsp3) is 0.500. The molecule has 2 fully saturated rings. The highest BCUT2D eigenvalue weighted by Gasteiger charge is 2.35. The lowest BCUT2D eigenvalue weighted by molar-refractivity contribution is -0.00000744. The van der Waals surface area contributed by atoms with Crippen LogP contribution in [0.5, 0.6) is 0 Å². The van der Waals surface area contributed by atoms with Gasteiger partial charge in [0, 0.05) is 0 Å². The summed E-state index contributed by atoms with van der Waals surface area (Å²) in [7, 11) is -0.946. The second-order valence-corrected chi connectivity index (χ2v) is 14.6. The van der Waals surface area contributed by atoms with Gasteiger partial charge in [0.25, 0.3) is 0 Å². The van der Waals surface area contributed by atoms with Gasteiger partial charge in [0.2, 0.25) is 0 Å². The Morgan fingerprint density at radius 3 is 1.87 bits per heavy atom. The molecule has 2 aromatic rings. The summed E-state index contributed by atoms with van der Waals surface area (Å²) < 4.78 is 0. The van der Waals surface area contributed by atoms with Crippen molar-refractivity contribution in [3.05, 3.63) is 96.6 Å². The molecule has 1 unspecified atom stereocenters. The van der Waals surface area contributed by atoms with E-state index in [1.54, 1.807) is 5.57 Å². The van der Waals surface area contributed by atoms with Gasteiger partial charge in [-0.1, -0.05) is 106 Å². The molecule has 0 aromatic heterocycles. The largest absolute Gasteiger partial charge is 1.00 e. The number of hydrogen-bond donors (Lipinski definition) is 0. The maximum atomic E-state index is 2.70. The van der Waals surface area contributed by atoms with Gasteiger partial charge < -0.3 is 24.0 Å². The van der Waals surface area contributed by atoms with Gasteiger partial charge in [-0.05, 0) is 98.1 Å². The highest BCUT2D eigenvalue weighted by atomic mass is 127. The molecule has 5 rings (SSSR count). The zero-order valence-corrected chi connectivity index (χ0v) is 26.6. The minimum absolute atomic E-state index is 0. The molecule has 0 aliphatic heterocycles. The predicted octanol–water partition coefficient (Wildman–Crippen LogP) is 6.47. The van der Waals surface area contributed by atoms with E-state index in [0.29, 0.717) is 5.66 Å². The Labute approximate surface area is 251 Å². The normalized spacial score (nSPS) is 28.4. The smallest absolute Gasteiger partial charge is 0.120 e. The molecule has 0 saturated heterocycles. The monoisotopic (exact) mass is 638 g/mol. The summed E-state index contributed by atoms with van der Waals surface area (Å²) in [5.74, 6) is 3.81. The Morgan fingerprint density at radius 1 is 0.711 bits per heavy atom. The van der Waals surface area contributed by atoms with Crippen molar-refractivity contribution >= 4 is 18.5 Å². The average molecular weight is 639 g/mol. The van der Waals surface area contributed by atoms with Crippen molar-refractivity contribution in [1.82, 2.24) is 0 Å². The first-order valence-electron chi connectivity index (χ1n) is 15.4. The molecule has 204 valence electrons. The lowest BCUT2D eigenvalue weighted by Crippen LogP contribution is -3.00. The van der Waals surface area contributed by atoms with Gasteiger partial charge in [0.1, 0.15) is 5.66 Å². The minimum atomic E-state index is -0.946. The number of halogens is 1. The van der Waals surface area contributed by atoms with Crippen molar-refractivity contribution in [2.75, 3.05) is 0 Å². The lowest BCUT2D eigenvalue weighted by atomic mass is 9.68. The third kappa shape index (κ3) is 7.94. The molecule has 3 aliphatic carbocycles. The van der Waals surface area contributed by atoms with Gasteiger partial charge >= 0.3 is 0 Å². The summed E-state index contributed by atoms with van der Waals surface area (Å²) in [4.78, 5) is 0. The highest BCUT2D eigenvalue weighted by Crippen LogP contribution is 2.47. The van der Waals surface area contributed by atoms with Gasteiger partial charge in [-0.15, -0.1) is 0 Å². The first kappa shape index (κ1) is 29.8. The second kappa shape index (κ2) is 15.6. The topological polar surface area (TPSA) is 0 Å². The van der Waals surface area contributed by atoms with Crippen LogP contribution in [-0.2, 0) is 0 Å². The van der Waals surface area contributed by atoms with Crippen molar-refractivity contribution in [3.63, 3.8) is 0 Å². The van der Waals surface area contributed by atoms with Crippen molar-refractivity contribution in [2.45, 2.75) is 89.6 Å². The molecule has 0 radical (unpaired) electrons. The van der Waals surface area contributed by atoms with Gasteiger partial charge in [-0.25, -0.2) is 0 Å². The van der Waals surface area contributed by atoms with Crippen LogP contribution < -0.4 is 34.6 Å². The first-order valence-corrected chi connectivity index (χ1v) is 16.9. The van der Waals surface area contributed by atoms with Crippen LogP contribution in [0.2, 0.25) is 0 Å². The summed E-state index contributed by atoms with van der Waals surface area (Å²) >= 11 is 0.